The largest absolute Gasteiger partial charge is 0.395 e. The first-order valence-electron chi connectivity index (χ1n) is 6.65. The lowest BCUT2D eigenvalue weighted by atomic mass is 10.0. The summed E-state index contributed by atoms with van der Waals surface area (Å²) in [5.74, 6) is 5.04. The highest BCUT2D eigenvalue weighted by Crippen LogP contribution is 2.12. The maximum Gasteiger partial charge on any atom is 0.252 e. The van der Waals surface area contributed by atoms with Gasteiger partial charge in [0.25, 0.3) is 5.91 Å². The molecule has 0 aromatic heterocycles. The average Bonchev–Trinajstić information content (AvgIpc) is 2.38. The van der Waals surface area contributed by atoms with Crippen molar-refractivity contribution >= 4 is 5.91 Å². The normalized spacial score (nSPS) is 11.7. The minimum absolute atomic E-state index is 0.0193. The third-order valence-electron chi connectivity index (χ3n) is 3.04. The van der Waals surface area contributed by atoms with Gasteiger partial charge in [-0.25, -0.2) is 4.39 Å². The number of rotatable bonds is 4. The molecular weight excluding hydrogens is 257 g/mol. The Labute approximate surface area is 119 Å². The van der Waals surface area contributed by atoms with Crippen molar-refractivity contribution in [2.45, 2.75) is 33.2 Å². The molecule has 0 saturated heterocycles. The lowest BCUT2D eigenvalue weighted by Gasteiger charge is -2.17. The van der Waals surface area contributed by atoms with E-state index in [2.05, 4.69) is 17.2 Å². The molecule has 0 saturated carbocycles. The van der Waals surface area contributed by atoms with Crippen LogP contribution in [-0.2, 0) is 0 Å². The Hall–Kier alpha value is -1.86. The fourth-order valence-electron chi connectivity index (χ4n) is 1.48. The predicted octanol–water partition coefficient (Wildman–Crippen LogP) is 2.33. The number of amides is 1. The first kappa shape index (κ1) is 16.2. The number of hydrogen-bond donors (Lipinski definition) is 2. The standard InChI is InChI=1S/C16H20FNO2/c1-11(2)12(3)18-16(20)15-8-7-14(17)10-13(15)6-4-5-9-19/h7-8,10-12,19H,5,9H2,1-3H3,(H,18,20). The lowest BCUT2D eigenvalue weighted by molar-refractivity contribution is 0.0930. The number of aliphatic hydroxyl groups is 1. The van der Waals surface area contributed by atoms with Gasteiger partial charge in [-0.3, -0.25) is 4.79 Å². The van der Waals surface area contributed by atoms with Gasteiger partial charge in [-0.05, 0) is 31.0 Å². The number of halogens is 1. The Kier molecular flexibility index (Phi) is 6.20. The Morgan fingerprint density at radius 2 is 2.10 bits per heavy atom. The van der Waals surface area contributed by atoms with Crippen LogP contribution in [0.25, 0.3) is 0 Å². The second-order valence-electron chi connectivity index (χ2n) is 4.97. The zero-order valence-corrected chi connectivity index (χ0v) is 12.0. The lowest BCUT2D eigenvalue weighted by Crippen LogP contribution is -2.36. The fraction of sp³-hybridized carbons (Fsp3) is 0.438. The first-order chi connectivity index (χ1) is 9.45. The van der Waals surface area contributed by atoms with Crippen molar-refractivity contribution in [3.63, 3.8) is 0 Å². The quantitative estimate of drug-likeness (QED) is 0.830. The smallest absolute Gasteiger partial charge is 0.252 e. The van der Waals surface area contributed by atoms with E-state index in [1.54, 1.807) is 0 Å². The molecule has 108 valence electrons. The molecule has 0 spiro atoms. The third-order valence-corrected chi connectivity index (χ3v) is 3.04. The van der Waals surface area contributed by atoms with Crippen molar-refractivity contribution < 1.29 is 14.3 Å². The zero-order chi connectivity index (χ0) is 15.1. The molecule has 3 nitrogen and oxygen atoms in total. The van der Waals surface area contributed by atoms with E-state index in [4.69, 9.17) is 5.11 Å². The Morgan fingerprint density at radius 3 is 2.70 bits per heavy atom. The molecule has 2 N–H and O–H groups in total. The highest BCUT2D eigenvalue weighted by molar-refractivity contribution is 5.96. The van der Waals surface area contributed by atoms with Crippen molar-refractivity contribution in [3.8, 4) is 11.8 Å². The van der Waals surface area contributed by atoms with Gasteiger partial charge >= 0.3 is 0 Å². The number of hydrogen-bond acceptors (Lipinski definition) is 2. The molecule has 0 aliphatic heterocycles. The molecule has 0 aliphatic rings. The third kappa shape index (κ3) is 4.67. The van der Waals surface area contributed by atoms with Crippen LogP contribution in [0.15, 0.2) is 18.2 Å². The average molecular weight is 277 g/mol. The van der Waals surface area contributed by atoms with Crippen molar-refractivity contribution in [3.05, 3.63) is 35.1 Å². The molecule has 0 aliphatic carbocycles. The van der Waals surface area contributed by atoms with Crippen LogP contribution in [-0.4, -0.2) is 23.7 Å². The Bertz CT molecular complexity index is 529. The highest BCUT2D eigenvalue weighted by atomic mass is 19.1. The van der Waals surface area contributed by atoms with Gasteiger partial charge in [-0.15, -0.1) is 0 Å². The summed E-state index contributed by atoms with van der Waals surface area (Å²) >= 11 is 0. The molecule has 1 rings (SSSR count). The van der Waals surface area contributed by atoms with Crippen molar-refractivity contribution in [2.24, 2.45) is 5.92 Å². The maximum absolute atomic E-state index is 13.3. The highest BCUT2D eigenvalue weighted by Gasteiger charge is 2.15. The number of aliphatic hydroxyl groups excluding tert-OH is 1. The summed E-state index contributed by atoms with van der Waals surface area (Å²) in [5.41, 5.74) is 0.691. The van der Waals surface area contributed by atoms with Crippen LogP contribution in [0.3, 0.4) is 0 Å². The summed E-state index contributed by atoms with van der Waals surface area (Å²) in [6.07, 6.45) is 0.292. The molecule has 0 bridgehead atoms. The van der Waals surface area contributed by atoms with Crippen molar-refractivity contribution in [1.82, 2.24) is 5.32 Å². The van der Waals surface area contributed by atoms with Crippen LogP contribution in [0.1, 0.15) is 43.1 Å². The maximum atomic E-state index is 13.3. The van der Waals surface area contributed by atoms with Gasteiger partial charge in [0, 0.05) is 18.0 Å². The van der Waals surface area contributed by atoms with E-state index in [0.29, 0.717) is 23.5 Å². The fourth-order valence-corrected chi connectivity index (χ4v) is 1.48. The number of carbonyl (C=O) groups excluding carboxylic acids is 1. The molecule has 20 heavy (non-hydrogen) atoms. The SMILES string of the molecule is CC(C)C(C)NC(=O)c1ccc(F)cc1C#CCCO. The summed E-state index contributed by atoms with van der Waals surface area (Å²) in [4.78, 5) is 12.2. The second kappa shape index (κ2) is 7.66. The minimum atomic E-state index is -0.438. The van der Waals surface area contributed by atoms with Gasteiger partial charge in [0.15, 0.2) is 0 Å². The van der Waals surface area contributed by atoms with Crippen LogP contribution in [0.2, 0.25) is 0 Å². The summed E-state index contributed by atoms with van der Waals surface area (Å²) < 4.78 is 13.3. The topological polar surface area (TPSA) is 49.3 Å². The van der Waals surface area contributed by atoms with Crippen LogP contribution >= 0.6 is 0 Å². The van der Waals surface area contributed by atoms with Crippen molar-refractivity contribution in [2.75, 3.05) is 6.61 Å². The summed E-state index contributed by atoms with van der Waals surface area (Å²) in [6, 6.07) is 3.93. The van der Waals surface area contributed by atoms with Gasteiger partial charge in [-0.1, -0.05) is 25.7 Å². The molecule has 1 aromatic carbocycles. The molecule has 0 radical (unpaired) electrons. The summed E-state index contributed by atoms with van der Waals surface area (Å²) in [7, 11) is 0. The van der Waals surface area contributed by atoms with E-state index in [-0.39, 0.29) is 18.6 Å². The van der Waals surface area contributed by atoms with Crippen LogP contribution in [0.4, 0.5) is 4.39 Å². The number of benzene rings is 1. The van der Waals surface area contributed by atoms with Crippen molar-refractivity contribution in [1.29, 1.82) is 0 Å². The van der Waals surface area contributed by atoms with E-state index in [0.717, 1.165) is 0 Å². The Balaban J connectivity index is 2.99. The molecule has 1 amide bonds. The van der Waals surface area contributed by atoms with Gasteiger partial charge < -0.3 is 10.4 Å². The van der Waals surface area contributed by atoms with Gasteiger partial charge in [0.1, 0.15) is 5.82 Å². The van der Waals surface area contributed by atoms with E-state index in [9.17, 15) is 9.18 Å². The van der Waals surface area contributed by atoms with Gasteiger partial charge in [-0.2, -0.15) is 0 Å². The first-order valence-corrected chi connectivity index (χ1v) is 6.65. The van der Waals surface area contributed by atoms with E-state index in [1.165, 1.54) is 18.2 Å². The summed E-state index contributed by atoms with van der Waals surface area (Å²) in [6.45, 7) is 5.88. The molecule has 4 heteroatoms. The second-order valence-corrected chi connectivity index (χ2v) is 4.97. The minimum Gasteiger partial charge on any atom is -0.395 e. The molecule has 1 atom stereocenters. The van der Waals surface area contributed by atoms with Crippen LogP contribution in [0.5, 0.6) is 0 Å². The van der Waals surface area contributed by atoms with E-state index >= 15 is 0 Å². The summed E-state index contributed by atoms with van der Waals surface area (Å²) in [5, 5.41) is 11.6. The molecular formula is C16H20FNO2. The predicted molar refractivity (Wildman–Crippen MR) is 76.7 cm³/mol. The van der Waals surface area contributed by atoms with E-state index in [1.807, 2.05) is 20.8 Å². The Morgan fingerprint density at radius 1 is 1.40 bits per heavy atom. The van der Waals surface area contributed by atoms with Crippen LogP contribution < -0.4 is 5.32 Å². The van der Waals surface area contributed by atoms with E-state index < -0.39 is 5.82 Å². The van der Waals surface area contributed by atoms with Gasteiger partial charge in [0.2, 0.25) is 0 Å². The molecule has 0 fully saturated rings. The molecule has 1 unspecified atom stereocenters. The number of nitrogens with one attached hydrogen (secondary N) is 1. The molecule has 0 heterocycles. The molecule has 1 aromatic rings. The van der Waals surface area contributed by atoms with Gasteiger partial charge in [0.05, 0.1) is 12.2 Å². The zero-order valence-electron chi connectivity index (χ0n) is 12.0. The monoisotopic (exact) mass is 277 g/mol. The van der Waals surface area contributed by atoms with Crippen LogP contribution in [0, 0.1) is 23.6 Å². The number of carbonyl (C=O) groups is 1.